The molecule has 0 fully saturated rings. The Labute approximate surface area is 58.9 Å². The monoisotopic (exact) mass is 142 g/mol. The molecule has 0 aliphatic carbocycles. The lowest BCUT2D eigenvalue weighted by molar-refractivity contribution is -0.131. The number of carbonyl (C=O) groups excluding carboxylic acids is 1. The molecule has 56 valence electrons. The number of nitrogens with zero attached hydrogens (tertiary/aromatic N) is 1. The molecule has 0 aromatic carbocycles. The Morgan fingerprint density at radius 3 is 2.80 bits per heavy atom. The maximum Gasteiger partial charge on any atom is 0.269 e. The molecule has 4 heteroatoms. The minimum atomic E-state index is -0.933. The number of hydrazone groups is 1. The highest BCUT2D eigenvalue weighted by Gasteiger charge is 2.27. The summed E-state index contributed by atoms with van der Waals surface area (Å²) in [4.78, 5) is 10.7. The van der Waals surface area contributed by atoms with Crippen molar-refractivity contribution in [3.63, 3.8) is 0 Å². The Bertz CT molecular complexity index is 188. The van der Waals surface area contributed by atoms with Gasteiger partial charge >= 0.3 is 0 Å². The van der Waals surface area contributed by atoms with Crippen molar-refractivity contribution in [3.05, 3.63) is 0 Å². The zero-order valence-corrected chi connectivity index (χ0v) is 5.96. The van der Waals surface area contributed by atoms with Crippen molar-refractivity contribution in [1.29, 1.82) is 0 Å². The van der Waals surface area contributed by atoms with Crippen LogP contribution < -0.4 is 5.43 Å². The predicted octanol–water partition coefficient (Wildman–Crippen LogP) is -0.511. The van der Waals surface area contributed by atoms with Crippen LogP contribution in [0.5, 0.6) is 0 Å². The van der Waals surface area contributed by atoms with Crippen LogP contribution in [0.25, 0.3) is 0 Å². The first kappa shape index (κ1) is 7.21. The number of carbonyl (C=O) groups is 1. The third kappa shape index (κ3) is 1.02. The summed E-state index contributed by atoms with van der Waals surface area (Å²) in [6.07, 6.45) is -0.933. The Kier molecular flexibility index (Phi) is 1.72. The summed E-state index contributed by atoms with van der Waals surface area (Å²) in [6.45, 7) is 3.54. The highest BCUT2D eigenvalue weighted by Crippen LogP contribution is 2.08. The topological polar surface area (TPSA) is 61.7 Å². The van der Waals surface area contributed by atoms with E-state index in [9.17, 15) is 4.79 Å². The zero-order chi connectivity index (χ0) is 7.72. The fourth-order valence-electron chi connectivity index (χ4n) is 0.767. The van der Waals surface area contributed by atoms with Crippen molar-refractivity contribution in [1.82, 2.24) is 5.43 Å². The fraction of sp³-hybridized carbons (Fsp3) is 0.667. The normalized spacial score (nSPS) is 33.1. The largest absolute Gasteiger partial charge is 0.383 e. The number of rotatable bonds is 0. The van der Waals surface area contributed by atoms with E-state index in [4.69, 9.17) is 5.11 Å². The van der Waals surface area contributed by atoms with E-state index in [1.807, 2.05) is 0 Å². The lowest BCUT2D eigenvalue weighted by Crippen LogP contribution is -2.43. The summed E-state index contributed by atoms with van der Waals surface area (Å²) in [6, 6.07) is 0. The average molecular weight is 142 g/mol. The number of amides is 1. The molecule has 1 heterocycles. The molecule has 10 heavy (non-hydrogen) atoms. The molecule has 2 N–H and O–H groups in total. The number of nitrogens with one attached hydrogen (secondary N) is 1. The van der Waals surface area contributed by atoms with Crippen LogP contribution in [0.1, 0.15) is 13.8 Å². The minimum absolute atomic E-state index is 0.159. The van der Waals surface area contributed by atoms with E-state index in [0.717, 1.165) is 5.71 Å². The van der Waals surface area contributed by atoms with E-state index in [1.54, 1.807) is 13.8 Å². The van der Waals surface area contributed by atoms with Crippen LogP contribution in [-0.4, -0.2) is 22.8 Å². The van der Waals surface area contributed by atoms with Gasteiger partial charge in [0.05, 0.1) is 0 Å². The minimum Gasteiger partial charge on any atom is -0.383 e. The average Bonchev–Trinajstić information content (AvgIpc) is 1.93. The van der Waals surface area contributed by atoms with Crippen LogP contribution in [0.3, 0.4) is 0 Å². The fourth-order valence-corrected chi connectivity index (χ4v) is 0.767. The Hall–Kier alpha value is -0.900. The van der Waals surface area contributed by atoms with Crippen molar-refractivity contribution in [3.8, 4) is 0 Å². The molecule has 2 atom stereocenters. The van der Waals surface area contributed by atoms with Crippen LogP contribution in [0.4, 0.5) is 0 Å². The van der Waals surface area contributed by atoms with Gasteiger partial charge in [-0.05, 0) is 6.92 Å². The molecule has 4 nitrogen and oxygen atoms in total. The van der Waals surface area contributed by atoms with Gasteiger partial charge in [0.2, 0.25) is 0 Å². The van der Waals surface area contributed by atoms with Crippen LogP contribution >= 0.6 is 0 Å². The van der Waals surface area contributed by atoms with Crippen LogP contribution in [0, 0.1) is 5.92 Å². The van der Waals surface area contributed by atoms with E-state index in [0.29, 0.717) is 0 Å². The van der Waals surface area contributed by atoms with E-state index in [2.05, 4.69) is 10.5 Å². The van der Waals surface area contributed by atoms with Crippen molar-refractivity contribution >= 4 is 11.6 Å². The summed E-state index contributed by atoms with van der Waals surface area (Å²) in [5.74, 6) is -0.577. The number of aliphatic hydroxyl groups excluding tert-OH is 1. The van der Waals surface area contributed by atoms with Crippen molar-refractivity contribution in [2.24, 2.45) is 11.0 Å². The molecule has 1 aliphatic rings. The highest BCUT2D eigenvalue weighted by atomic mass is 16.3. The van der Waals surface area contributed by atoms with Crippen LogP contribution in [0.2, 0.25) is 0 Å². The summed E-state index contributed by atoms with van der Waals surface area (Å²) in [7, 11) is 0. The second-order valence-electron chi connectivity index (χ2n) is 2.46. The van der Waals surface area contributed by atoms with Crippen LogP contribution in [-0.2, 0) is 4.79 Å². The van der Waals surface area contributed by atoms with Gasteiger partial charge in [0.1, 0.15) is 6.10 Å². The van der Waals surface area contributed by atoms with Gasteiger partial charge in [0, 0.05) is 11.6 Å². The molecular formula is C6H10N2O2. The lowest BCUT2D eigenvalue weighted by atomic mass is 9.98. The third-order valence-corrected chi connectivity index (χ3v) is 1.74. The van der Waals surface area contributed by atoms with Gasteiger partial charge in [-0.3, -0.25) is 4.79 Å². The predicted molar refractivity (Wildman–Crippen MR) is 36.4 cm³/mol. The van der Waals surface area contributed by atoms with Gasteiger partial charge in [-0.25, -0.2) is 5.43 Å². The first-order valence-electron chi connectivity index (χ1n) is 3.15. The second-order valence-corrected chi connectivity index (χ2v) is 2.46. The quantitative estimate of drug-likeness (QED) is 0.478. The summed E-state index contributed by atoms with van der Waals surface area (Å²) in [5.41, 5.74) is 2.97. The van der Waals surface area contributed by atoms with Gasteiger partial charge < -0.3 is 5.11 Å². The van der Waals surface area contributed by atoms with Gasteiger partial charge in [0.15, 0.2) is 0 Å². The van der Waals surface area contributed by atoms with E-state index < -0.39 is 12.0 Å². The molecule has 1 amide bonds. The SMILES string of the molecule is CC1=NNC(=O)C(O)C1C. The van der Waals surface area contributed by atoms with Gasteiger partial charge in [-0.15, -0.1) is 0 Å². The molecule has 0 radical (unpaired) electrons. The number of aliphatic hydroxyl groups is 1. The Morgan fingerprint density at radius 1 is 1.70 bits per heavy atom. The molecule has 0 aromatic heterocycles. The molecule has 0 spiro atoms. The van der Waals surface area contributed by atoms with Gasteiger partial charge in [-0.2, -0.15) is 5.10 Å². The maximum absolute atomic E-state index is 10.7. The van der Waals surface area contributed by atoms with E-state index in [-0.39, 0.29) is 5.92 Å². The van der Waals surface area contributed by atoms with E-state index >= 15 is 0 Å². The summed E-state index contributed by atoms with van der Waals surface area (Å²) in [5, 5.41) is 12.8. The van der Waals surface area contributed by atoms with Gasteiger partial charge in [0.25, 0.3) is 5.91 Å². The first-order chi connectivity index (χ1) is 4.63. The third-order valence-electron chi connectivity index (χ3n) is 1.74. The van der Waals surface area contributed by atoms with Crippen molar-refractivity contribution in [2.75, 3.05) is 0 Å². The smallest absolute Gasteiger partial charge is 0.269 e. The highest BCUT2D eigenvalue weighted by molar-refractivity contribution is 5.95. The molecule has 0 saturated carbocycles. The molecule has 2 unspecified atom stereocenters. The Balaban J connectivity index is 2.80. The number of hydrogen-bond acceptors (Lipinski definition) is 3. The molecule has 0 aromatic rings. The first-order valence-corrected chi connectivity index (χ1v) is 3.15. The zero-order valence-electron chi connectivity index (χ0n) is 5.96. The summed E-state index contributed by atoms with van der Waals surface area (Å²) >= 11 is 0. The number of hydrogen-bond donors (Lipinski definition) is 2. The standard InChI is InChI=1S/C6H10N2O2/c1-3-4(2)7-8-6(10)5(3)9/h3,5,9H,1-2H3,(H,8,10). The lowest BCUT2D eigenvalue weighted by Gasteiger charge is -2.21. The van der Waals surface area contributed by atoms with Crippen molar-refractivity contribution < 1.29 is 9.90 Å². The maximum atomic E-state index is 10.7. The Morgan fingerprint density at radius 2 is 2.30 bits per heavy atom. The van der Waals surface area contributed by atoms with Gasteiger partial charge in [-0.1, -0.05) is 6.92 Å². The molecule has 0 bridgehead atoms. The van der Waals surface area contributed by atoms with E-state index in [1.165, 1.54) is 0 Å². The van der Waals surface area contributed by atoms with Crippen molar-refractivity contribution in [2.45, 2.75) is 20.0 Å². The molecule has 1 aliphatic heterocycles. The molecule has 1 rings (SSSR count). The summed E-state index contributed by atoms with van der Waals surface area (Å²) < 4.78 is 0. The van der Waals surface area contributed by atoms with Crippen LogP contribution in [0.15, 0.2) is 5.10 Å². The molecule has 0 saturated heterocycles. The second kappa shape index (κ2) is 2.38. The molecular weight excluding hydrogens is 132 g/mol.